The maximum absolute atomic E-state index is 12.0. The van der Waals surface area contributed by atoms with Crippen LogP contribution in [0.3, 0.4) is 0 Å². The second-order valence-electron chi connectivity index (χ2n) is 11.2. The topological polar surface area (TPSA) is 23.6 Å². The van der Waals surface area contributed by atoms with Gasteiger partial charge in [-0.05, 0) is 120 Å². The lowest BCUT2D eigenvalue weighted by Crippen LogP contribution is -2.53. The van der Waals surface area contributed by atoms with E-state index in [-0.39, 0.29) is 0 Å². The van der Waals surface area contributed by atoms with E-state index in [0.29, 0.717) is 16.6 Å². The zero-order valence-electron chi connectivity index (χ0n) is 19.0. The van der Waals surface area contributed by atoms with Crippen LogP contribution in [0.25, 0.3) is 0 Å². The summed E-state index contributed by atoms with van der Waals surface area (Å²) < 4.78 is 0. The number of carbonyl (C=O) groups is 1. The molecule has 6 atom stereocenters. The monoisotopic (exact) mass is 386 g/mol. The van der Waals surface area contributed by atoms with E-state index in [1.807, 2.05) is 6.08 Å². The summed E-state index contributed by atoms with van der Waals surface area (Å²) in [5.74, 6) is 2.97. The zero-order chi connectivity index (χ0) is 20.1. The molecule has 0 aromatic rings. The molecule has 0 bridgehead atoms. The lowest BCUT2D eigenvalue weighted by Gasteiger charge is -2.58. The van der Waals surface area contributed by atoms with E-state index in [1.165, 1.54) is 63.6 Å². The third-order valence-corrected chi connectivity index (χ3v) is 9.56. The van der Waals surface area contributed by atoms with Crippen molar-refractivity contribution in [1.82, 2.24) is 9.80 Å². The van der Waals surface area contributed by atoms with Gasteiger partial charge in [-0.3, -0.25) is 4.79 Å². The van der Waals surface area contributed by atoms with Gasteiger partial charge in [0.2, 0.25) is 0 Å². The van der Waals surface area contributed by atoms with Gasteiger partial charge < -0.3 is 9.80 Å². The summed E-state index contributed by atoms with van der Waals surface area (Å²) in [7, 11) is 6.74. The summed E-state index contributed by atoms with van der Waals surface area (Å²) >= 11 is 0. The molecule has 4 rings (SSSR count). The van der Waals surface area contributed by atoms with Gasteiger partial charge in [-0.15, -0.1) is 0 Å². The summed E-state index contributed by atoms with van der Waals surface area (Å²) in [6.45, 7) is 7.55. The third-order valence-electron chi connectivity index (χ3n) is 9.56. The molecular formula is C25H42N2O. The van der Waals surface area contributed by atoms with Crippen LogP contribution in [0.1, 0.15) is 71.6 Å². The third kappa shape index (κ3) is 3.31. The molecule has 28 heavy (non-hydrogen) atoms. The summed E-state index contributed by atoms with van der Waals surface area (Å²) in [5.41, 5.74) is 2.31. The molecule has 0 heterocycles. The molecule has 0 amide bonds. The molecule has 3 heteroatoms. The Hall–Kier alpha value is -0.670. The fraction of sp³-hybridized carbons (Fsp3) is 0.880. The fourth-order valence-electron chi connectivity index (χ4n) is 8.05. The maximum Gasteiger partial charge on any atom is 0.155 e. The molecule has 0 aromatic heterocycles. The Kier molecular flexibility index (Phi) is 5.55. The quantitative estimate of drug-likeness (QED) is 0.680. The second-order valence-corrected chi connectivity index (χ2v) is 11.2. The highest BCUT2D eigenvalue weighted by atomic mass is 16.1. The van der Waals surface area contributed by atoms with Gasteiger partial charge in [0.25, 0.3) is 0 Å². The minimum atomic E-state index is 0.313. The maximum atomic E-state index is 12.0. The molecule has 4 aliphatic rings. The summed E-state index contributed by atoms with van der Waals surface area (Å²) in [6.07, 6.45) is 13.3. The van der Waals surface area contributed by atoms with E-state index in [0.717, 1.165) is 36.6 Å². The predicted octanol–water partition coefficient (Wildman–Crippen LogP) is 4.77. The van der Waals surface area contributed by atoms with Crippen molar-refractivity contribution in [2.24, 2.45) is 28.6 Å². The van der Waals surface area contributed by atoms with Crippen molar-refractivity contribution < 1.29 is 4.79 Å². The van der Waals surface area contributed by atoms with Crippen molar-refractivity contribution in [1.29, 1.82) is 0 Å². The average Bonchev–Trinajstić information content (AvgIpc) is 2.99. The van der Waals surface area contributed by atoms with Crippen molar-refractivity contribution in [2.75, 3.05) is 34.2 Å². The molecule has 0 aliphatic heterocycles. The number of hydrogen-bond acceptors (Lipinski definition) is 3. The molecule has 0 radical (unpaired) electrons. The van der Waals surface area contributed by atoms with Gasteiger partial charge in [0.05, 0.1) is 0 Å². The van der Waals surface area contributed by atoms with Crippen molar-refractivity contribution in [3.63, 3.8) is 0 Å². The first-order chi connectivity index (χ1) is 13.3. The van der Waals surface area contributed by atoms with E-state index in [1.54, 1.807) is 0 Å². The molecule has 158 valence electrons. The Morgan fingerprint density at radius 1 is 0.964 bits per heavy atom. The fourth-order valence-corrected chi connectivity index (χ4v) is 8.05. The Balaban J connectivity index is 1.49. The average molecular weight is 387 g/mol. The Morgan fingerprint density at radius 2 is 1.75 bits per heavy atom. The number of ketones is 1. The molecule has 3 saturated carbocycles. The first-order valence-electron chi connectivity index (χ1n) is 11.8. The lowest BCUT2D eigenvalue weighted by atomic mass is 9.47. The SMILES string of the molecule is CN(C)CCCN(C)[C@H]1CC[C@H]2[C@@H]3CCC4=CC(=O)CC[C@]4(C)[C@H]3CC[C@]12C. The molecular weight excluding hydrogens is 344 g/mol. The Bertz CT molecular complexity index is 640. The molecule has 4 aliphatic carbocycles. The molecule has 0 unspecified atom stereocenters. The molecule has 3 nitrogen and oxygen atoms in total. The van der Waals surface area contributed by atoms with Gasteiger partial charge in [-0.2, -0.15) is 0 Å². The normalized spacial score (nSPS) is 43.0. The van der Waals surface area contributed by atoms with Crippen LogP contribution in [0.15, 0.2) is 11.6 Å². The highest BCUT2D eigenvalue weighted by Crippen LogP contribution is 2.65. The highest BCUT2D eigenvalue weighted by Gasteiger charge is 2.59. The van der Waals surface area contributed by atoms with Crippen LogP contribution < -0.4 is 0 Å². The number of fused-ring (bicyclic) bond motifs is 5. The van der Waals surface area contributed by atoms with Crippen molar-refractivity contribution in [3.8, 4) is 0 Å². The van der Waals surface area contributed by atoms with Gasteiger partial charge >= 0.3 is 0 Å². The predicted molar refractivity (Wildman–Crippen MR) is 116 cm³/mol. The van der Waals surface area contributed by atoms with Crippen molar-refractivity contribution in [2.45, 2.75) is 77.7 Å². The van der Waals surface area contributed by atoms with E-state index in [9.17, 15) is 4.79 Å². The van der Waals surface area contributed by atoms with Crippen LogP contribution in [0.2, 0.25) is 0 Å². The first kappa shape index (κ1) is 20.6. The Labute approximate surface area is 172 Å². The minimum absolute atomic E-state index is 0.313. The van der Waals surface area contributed by atoms with Gasteiger partial charge in [0, 0.05) is 12.5 Å². The van der Waals surface area contributed by atoms with Crippen LogP contribution in [0.4, 0.5) is 0 Å². The number of hydrogen-bond donors (Lipinski definition) is 0. The molecule has 0 aromatic carbocycles. The van der Waals surface area contributed by atoms with Gasteiger partial charge in [-0.1, -0.05) is 19.4 Å². The van der Waals surface area contributed by atoms with Gasteiger partial charge in [0.1, 0.15) is 0 Å². The summed E-state index contributed by atoms with van der Waals surface area (Å²) in [6, 6.07) is 0.762. The van der Waals surface area contributed by atoms with Gasteiger partial charge in [0.15, 0.2) is 5.78 Å². The van der Waals surface area contributed by atoms with E-state index in [4.69, 9.17) is 0 Å². The standard InChI is InChI=1S/C25H42N2O/c1-24-13-11-19(28)17-18(24)7-8-20-21-9-10-23(25(21,2)14-12-22(20)24)27(5)16-6-15-26(3)4/h17,20-23H,6-16H2,1-5H3/t20-,21-,22-,23-,24-,25-/m0/s1. The second kappa shape index (κ2) is 7.54. The van der Waals surface area contributed by atoms with E-state index in [2.05, 4.69) is 44.8 Å². The first-order valence-corrected chi connectivity index (χ1v) is 11.8. The number of nitrogens with zero attached hydrogens (tertiary/aromatic N) is 2. The van der Waals surface area contributed by atoms with Crippen LogP contribution in [-0.4, -0.2) is 55.9 Å². The summed E-state index contributed by atoms with van der Waals surface area (Å²) in [4.78, 5) is 17.0. The zero-order valence-corrected chi connectivity index (χ0v) is 19.0. The van der Waals surface area contributed by atoms with E-state index >= 15 is 0 Å². The van der Waals surface area contributed by atoms with E-state index < -0.39 is 0 Å². The van der Waals surface area contributed by atoms with Gasteiger partial charge in [-0.25, -0.2) is 0 Å². The lowest BCUT2D eigenvalue weighted by molar-refractivity contribution is -0.117. The highest BCUT2D eigenvalue weighted by molar-refractivity contribution is 5.91. The van der Waals surface area contributed by atoms with Crippen LogP contribution >= 0.6 is 0 Å². The molecule has 0 N–H and O–H groups in total. The van der Waals surface area contributed by atoms with Crippen LogP contribution in [0.5, 0.6) is 0 Å². The number of rotatable bonds is 5. The Morgan fingerprint density at radius 3 is 2.50 bits per heavy atom. The van der Waals surface area contributed by atoms with Crippen LogP contribution in [-0.2, 0) is 4.79 Å². The largest absolute Gasteiger partial charge is 0.309 e. The molecule has 0 spiro atoms. The smallest absolute Gasteiger partial charge is 0.155 e. The summed E-state index contributed by atoms with van der Waals surface area (Å²) in [5, 5.41) is 0. The van der Waals surface area contributed by atoms with Crippen molar-refractivity contribution in [3.05, 3.63) is 11.6 Å². The number of carbonyl (C=O) groups excluding carboxylic acids is 1. The number of allylic oxidation sites excluding steroid dienone is 1. The minimum Gasteiger partial charge on any atom is -0.309 e. The van der Waals surface area contributed by atoms with Crippen molar-refractivity contribution >= 4 is 5.78 Å². The molecule has 3 fully saturated rings. The molecule has 0 saturated heterocycles. The van der Waals surface area contributed by atoms with Crippen LogP contribution in [0, 0.1) is 28.6 Å².